The van der Waals surface area contributed by atoms with Crippen LogP contribution in [0.5, 0.6) is 0 Å². The number of carbonyl (C=O) groups is 2. The number of esters is 1. The Morgan fingerprint density at radius 1 is 1.29 bits per heavy atom. The maximum absolute atomic E-state index is 12.4. The molecule has 3 rings (SSSR count). The van der Waals surface area contributed by atoms with E-state index in [1.807, 2.05) is 30.3 Å². The van der Waals surface area contributed by atoms with E-state index in [1.165, 1.54) is 0 Å². The fraction of sp³-hybridized carbons (Fsp3) is 0.353. The van der Waals surface area contributed by atoms with Crippen molar-refractivity contribution >= 4 is 22.7 Å². The highest BCUT2D eigenvalue weighted by atomic mass is 16.5. The van der Waals surface area contributed by atoms with Gasteiger partial charge in [-0.05, 0) is 31.9 Å². The fourth-order valence-electron chi connectivity index (χ4n) is 3.02. The molecule has 0 bridgehead atoms. The predicted octanol–water partition coefficient (Wildman–Crippen LogP) is 2.79. The molecule has 1 aliphatic carbocycles. The molecule has 21 heavy (non-hydrogen) atoms. The molecule has 0 aliphatic heterocycles. The van der Waals surface area contributed by atoms with E-state index in [0.29, 0.717) is 25.0 Å². The molecule has 0 N–H and O–H groups in total. The van der Waals surface area contributed by atoms with E-state index in [1.54, 1.807) is 13.0 Å². The van der Waals surface area contributed by atoms with Crippen LogP contribution < -0.4 is 0 Å². The molecule has 1 heterocycles. The highest BCUT2D eigenvalue weighted by Crippen LogP contribution is 2.39. The van der Waals surface area contributed by atoms with Crippen LogP contribution in [0.15, 0.2) is 36.4 Å². The molecule has 1 saturated carbocycles. The fourth-order valence-corrected chi connectivity index (χ4v) is 3.02. The second kappa shape index (κ2) is 5.28. The van der Waals surface area contributed by atoms with Gasteiger partial charge in [-0.3, -0.25) is 14.6 Å². The highest BCUT2D eigenvalue weighted by Gasteiger charge is 2.52. The third-order valence-electron chi connectivity index (χ3n) is 4.09. The summed E-state index contributed by atoms with van der Waals surface area (Å²) in [6.07, 6.45) is 1.59. The molecule has 0 radical (unpaired) electrons. The van der Waals surface area contributed by atoms with Gasteiger partial charge in [0.2, 0.25) is 0 Å². The van der Waals surface area contributed by atoms with Crippen LogP contribution in [-0.2, 0) is 19.7 Å². The number of hydrogen-bond acceptors (Lipinski definition) is 4. The number of fused-ring (bicyclic) bond motifs is 1. The van der Waals surface area contributed by atoms with Crippen molar-refractivity contribution in [1.29, 1.82) is 0 Å². The van der Waals surface area contributed by atoms with E-state index >= 15 is 0 Å². The summed E-state index contributed by atoms with van der Waals surface area (Å²) in [5.74, 6) is -0.543. The Hall–Kier alpha value is -2.23. The van der Waals surface area contributed by atoms with Gasteiger partial charge in [-0.25, -0.2) is 0 Å². The molecule has 0 spiro atoms. The molecule has 2 aromatic rings. The summed E-state index contributed by atoms with van der Waals surface area (Å²) in [6.45, 7) is 2.01. The Morgan fingerprint density at radius 3 is 2.81 bits per heavy atom. The number of Topliss-reactive ketones (excluding diaryl/α,β-unsaturated/α-hetero) is 1. The van der Waals surface area contributed by atoms with Gasteiger partial charge in [0.1, 0.15) is 0 Å². The molecule has 0 amide bonds. The topological polar surface area (TPSA) is 56.3 Å². The normalized spacial score (nSPS) is 21.7. The highest BCUT2D eigenvalue weighted by molar-refractivity contribution is 6.11. The van der Waals surface area contributed by atoms with Gasteiger partial charge in [0.25, 0.3) is 0 Å². The lowest BCUT2D eigenvalue weighted by atomic mass is 9.81. The molecule has 1 atom stereocenters. The van der Waals surface area contributed by atoms with E-state index in [0.717, 1.165) is 10.9 Å². The van der Waals surface area contributed by atoms with E-state index in [9.17, 15) is 9.59 Å². The number of hydrogen-bond donors (Lipinski definition) is 0. The summed E-state index contributed by atoms with van der Waals surface area (Å²) in [6, 6.07) is 11.4. The van der Waals surface area contributed by atoms with Gasteiger partial charge in [-0.15, -0.1) is 0 Å². The van der Waals surface area contributed by atoms with Crippen LogP contribution in [0.3, 0.4) is 0 Å². The lowest BCUT2D eigenvalue weighted by Crippen LogP contribution is -2.42. The smallest absolute Gasteiger partial charge is 0.325 e. The summed E-state index contributed by atoms with van der Waals surface area (Å²) in [7, 11) is 0. The number of aromatic nitrogens is 1. The first-order chi connectivity index (χ1) is 10.2. The largest absolute Gasteiger partial charge is 0.465 e. The average molecular weight is 283 g/mol. The van der Waals surface area contributed by atoms with E-state index < -0.39 is 11.4 Å². The van der Waals surface area contributed by atoms with Crippen molar-refractivity contribution in [1.82, 2.24) is 4.98 Å². The van der Waals surface area contributed by atoms with Crippen molar-refractivity contribution in [2.75, 3.05) is 6.61 Å². The molecule has 1 aromatic carbocycles. The van der Waals surface area contributed by atoms with Crippen LogP contribution in [0, 0.1) is 0 Å². The van der Waals surface area contributed by atoms with Crippen molar-refractivity contribution in [2.24, 2.45) is 0 Å². The molecule has 1 aliphatic rings. The van der Waals surface area contributed by atoms with Crippen molar-refractivity contribution in [3.8, 4) is 0 Å². The number of nitrogens with zero attached hydrogens (tertiary/aromatic N) is 1. The number of pyridine rings is 1. The number of benzene rings is 1. The summed E-state index contributed by atoms with van der Waals surface area (Å²) in [5, 5.41) is 0.991. The first kappa shape index (κ1) is 13.7. The van der Waals surface area contributed by atoms with Gasteiger partial charge in [-0.1, -0.05) is 24.3 Å². The van der Waals surface area contributed by atoms with Crippen LogP contribution in [-0.4, -0.2) is 23.3 Å². The molecule has 108 valence electrons. The van der Waals surface area contributed by atoms with Crippen molar-refractivity contribution in [3.63, 3.8) is 0 Å². The minimum atomic E-state index is -1.21. The second-order valence-electron chi connectivity index (χ2n) is 5.29. The van der Waals surface area contributed by atoms with Crippen LogP contribution in [0.2, 0.25) is 0 Å². The van der Waals surface area contributed by atoms with Gasteiger partial charge in [0.05, 0.1) is 17.8 Å². The molecule has 0 saturated heterocycles. The summed E-state index contributed by atoms with van der Waals surface area (Å²) in [5.41, 5.74) is 0.0977. The Kier molecular flexibility index (Phi) is 3.45. The molecule has 1 fully saturated rings. The molecule has 1 unspecified atom stereocenters. The molecule has 4 heteroatoms. The standard InChI is InChI=1S/C17H17NO3/c1-2-21-16(20)17(11-5-8-15(17)19)14-10-9-12-6-3-4-7-13(12)18-14/h3-4,6-7,9-10H,2,5,8,11H2,1H3. The van der Waals surface area contributed by atoms with Gasteiger partial charge < -0.3 is 4.74 Å². The van der Waals surface area contributed by atoms with E-state index in [2.05, 4.69) is 4.98 Å². The van der Waals surface area contributed by atoms with Crippen LogP contribution in [0.1, 0.15) is 31.9 Å². The summed E-state index contributed by atoms with van der Waals surface area (Å²) >= 11 is 0. The molecule has 4 nitrogen and oxygen atoms in total. The quantitative estimate of drug-likeness (QED) is 0.642. The predicted molar refractivity (Wildman–Crippen MR) is 78.9 cm³/mol. The SMILES string of the molecule is CCOC(=O)C1(c2ccc3ccccc3n2)CCCC1=O. The zero-order valence-electron chi connectivity index (χ0n) is 12.0. The Labute approximate surface area is 123 Å². The minimum Gasteiger partial charge on any atom is -0.465 e. The molecular weight excluding hydrogens is 266 g/mol. The molecule has 1 aromatic heterocycles. The second-order valence-corrected chi connectivity index (χ2v) is 5.29. The first-order valence-electron chi connectivity index (χ1n) is 7.25. The number of ether oxygens (including phenoxy) is 1. The van der Waals surface area contributed by atoms with Crippen molar-refractivity contribution < 1.29 is 14.3 Å². The monoisotopic (exact) mass is 283 g/mol. The van der Waals surface area contributed by atoms with Gasteiger partial charge in [0, 0.05) is 11.8 Å². The van der Waals surface area contributed by atoms with Crippen LogP contribution in [0.4, 0.5) is 0 Å². The number of para-hydroxylation sites is 1. The molecular formula is C17H17NO3. The van der Waals surface area contributed by atoms with Crippen molar-refractivity contribution in [2.45, 2.75) is 31.6 Å². The summed E-state index contributed by atoms with van der Waals surface area (Å²) < 4.78 is 5.17. The zero-order chi connectivity index (χ0) is 14.9. The first-order valence-corrected chi connectivity index (χ1v) is 7.25. The number of carbonyl (C=O) groups excluding carboxylic acids is 2. The van der Waals surface area contributed by atoms with Gasteiger partial charge in [0.15, 0.2) is 11.2 Å². The lowest BCUT2D eigenvalue weighted by molar-refractivity contribution is -0.153. The van der Waals surface area contributed by atoms with Crippen molar-refractivity contribution in [3.05, 3.63) is 42.1 Å². The maximum atomic E-state index is 12.4. The van der Waals surface area contributed by atoms with Gasteiger partial charge >= 0.3 is 5.97 Å². The van der Waals surface area contributed by atoms with Crippen LogP contribution >= 0.6 is 0 Å². The Morgan fingerprint density at radius 2 is 2.10 bits per heavy atom. The maximum Gasteiger partial charge on any atom is 0.325 e. The third-order valence-corrected chi connectivity index (χ3v) is 4.09. The lowest BCUT2D eigenvalue weighted by Gasteiger charge is -2.24. The summed E-state index contributed by atoms with van der Waals surface area (Å²) in [4.78, 5) is 29.4. The number of ketones is 1. The van der Waals surface area contributed by atoms with Crippen LogP contribution in [0.25, 0.3) is 10.9 Å². The van der Waals surface area contributed by atoms with Gasteiger partial charge in [-0.2, -0.15) is 0 Å². The number of rotatable bonds is 3. The average Bonchev–Trinajstić information content (AvgIpc) is 2.90. The van der Waals surface area contributed by atoms with E-state index in [-0.39, 0.29) is 12.4 Å². The Balaban J connectivity index is 2.14. The minimum absolute atomic E-state index is 0.0799. The Bertz CT molecular complexity index is 710. The third kappa shape index (κ3) is 2.11. The van der Waals surface area contributed by atoms with E-state index in [4.69, 9.17) is 4.74 Å². The zero-order valence-corrected chi connectivity index (χ0v) is 12.0.